The van der Waals surface area contributed by atoms with Gasteiger partial charge in [0.15, 0.2) is 0 Å². The molecule has 0 aliphatic rings. The van der Waals surface area contributed by atoms with Crippen LogP contribution in [0.3, 0.4) is 0 Å². The monoisotopic (exact) mass is 769 g/mol. The van der Waals surface area contributed by atoms with E-state index in [4.69, 9.17) is 9.98 Å². The highest BCUT2D eigenvalue weighted by Gasteiger charge is 2.06. The second-order valence-corrected chi connectivity index (χ2v) is 17.5. The summed E-state index contributed by atoms with van der Waals surface area (Å²) >= 11 is 0. The van der Waals surface area contributed by atoms with Crippen LogP contribution < -0.4 is 0 Å². The van der Waals surface area contributed by atoms with Crippen LogP contribution in [0, 0.1) is 0 Å². The standard InChI is InChI=1S/C54H92N2/c1-6-11-16-17-18-19-20-21-22-23-24-25-26-27-28-29-30-31-32-33-34-35-40-52(56-54-45-50(38-14-9-4)42-51(46-54)39-15-10-5)47-55-53-43-48(36-12-7-2)41-49(44-53)37-13-8-3/h41-47H,6-40H2,1-5H3. The van der Waals surface area contributed by atoms with Crippen LogP contribution in [0.2, 0.25) is 0 Å². The van der Waals surface area contributed by atoms with Gasteiger partial charge in [-0.3, -0.25) is 9.98 Å². The van der Waals surface area contributed by atoms with Crippen LogP contribution in [0.15, 0.2) is 46.4 Å². The normalized spacial score (nSPS) is 12.1. The van der Waals surface area contributed by atoms with Crippen LogP contribution in [0.5, 0.6) is 0 Å². The predicted molar refractivity (Wildman–Crippen MR) is 254 cm³/mol. The van der Waals surface area contributed by atoms with Crippen molar-refractivity contribution in [2.75, 3.05) is 0 Å². The number of unbranched alkanes of at least 4 members (excludes halogenated alkanes) is 25. The molecule has 0 spiro atoms. The van der Waals surface area contributed by atoms with E-state index < -0.39 is 0 Å². The van der Waals surface area contributed by atoms with Gasteiger partial charge in [-0.05, 0) is 111 Å². The maximum Gasteiger partial charge on any atom is 0.0639 e. The van der Waals surface area contributed by atoms with Crippen molar-refractivity contribution in [1.82, 2.24) is 0 Å². The lowest BCUT2D eigenvalue weighted by molar-refractivity contribution is 0.519. The molecule has 2 nitrogen and oxygen atoms in total. The van der Waals surface area contributed by atoms with Gasteiger partial charge in [0, 0.05) is 6.21 Å². The Kier molecular flexibility index (Phi) is 32.0. The number of benzene rings is 2. The topological polar surface area (TPSA) is 24.7 Å². The molecule has 2 rings (SSSR count). The van der Waals surface area contributed by atoms with Gasteiger partial charge in [-0.2, -0.15) is 0 Å². The molecule has 0 atom stereocenters. The zero-order chi connectivity index (χ0) is 40.2. The van der Waals surface area contributed by atoms with E-state index in [1.54, 1.807) is 0 Å². The maximum absolute atomic E-state index is 5.35. The van der Waals surface area contributed by atoms with Crippen LogP contribution in [-0.4, -0.2) is 11.9 Å². The summed E-state index contributed by atoms with van der Waals surface area (Å²) in [7, 11) is 0. The third-order valence-corrected chi connectivity index (χ3v) is 11.8. The summed E-state index contributed by atoms with van der Waals surface area (Å²) in [5.74, 6) is 0. The first-order valence-electron chi connectivity index (χ1n) is 25.0. The SMILES string of the molecule is CCCCCCCCCCCCCCCCCCCCCCCCC(C=Nc1cc(CCCC)cc(CCCC)c1)=Nc1cc(CCCC)cc(CCCC)c1. The number of aliphatic imine (C=N–C) groups is 2. The second kappa shape index (κ2) is 35.9. The molecule has 318 valence electrons. The largest absolute Gasteiger partial charge is 0.255 e. The van der Waals surface area contributed by atoms with Crippen LogP contribution in [-0.2, 0) is 25.7 Å². The first-order valence-corrected chi connectivity index (χ1v) is 25.0. The lowest BCUT2D eigenvalue weighted by Crippen LogP contribution is -2.01. The third-order valence-electron chi connectivity index (χ3n) is 11.8. The van der Waals surface area contributed by atoms with E-state index in [1.165, 1.54) is 215 Å². The molecule has 0 amide bonds. The number of hydrogen-bond donors (Lipinski definition) is 0. The highest BCUT2D eigenvalue weighted by Crippen LogP contribution is 2.24. The number of hydrogen-bond acceptors (Lipinski definition) is 2. The molecule has 0 fully saturated rings. The molecule has 2 aromatic carbocycles. The van der Waals surface area contributed by atoms with E-state index in [0.717, 1.165) is 49.2 Å². The molecule has 0 heterocycles. The third kappa shape index (κ3) is 26.7. The van der Waals surface area contributed by atoms with Gasteiger partial charge >= 0.3 is 0 Å². The van der Waals surface area contributed by atoms with Gasteiger partial charge in [-0.25, -0.2) is 0 Å². The molecule has 56 heavy (non-hydrogen) atoms. The molecule has 2 heteroatoms. The van der Waals surface area contributed by atoms with Gasteiger partial charge in [-0.1, -0.05) is 207 Å². The molecule has 0 radical (unpaired) electrons. The smallest absolute Gasteiger partial charge is 0.0639 e. The minimum absolute atomic E-state index is 1.00. The van der Waals surface area contributed by atoms with E-state index in [9.17, 15) is 0 Å². The maximum atomic E-state index is 5.35. The Morgan fingerprint density at radius 3 is 0.946 bits per heavy atom. The molecule has 0 aliphatic heterocycles. The molecule has 0 N–H and O–H groups in total. The Morgan fingerprint density at radius 1 is 0.339 bits per heavy atom. The predicted octanol–water partition coefficient (Wildman–Crippen LogP) is 18.5. The summed E-state index contributed by atoms with van der Waals surface area (Å²) in [5.41, 5.74) is 9.15. The average Bonchev–Trinajstić information content (AvgIpc) is 3.21. The number of rotatable bonds is 38. The van der Waals surface area contributed by atoms with Gasteiger partial charge in [0.05, 0.1) is 17.1 Å². The number of nitrogens with zero attached hydrogens (tertiary/aromatic N) is 2. The molecule has 0 aliphatic carbocycles. The van der Waals surface area contributed by atoms with Crippen LogP contribution in [0.4, 0.5) is 11.4 Å². The van der Waals surface area contributed by atoms with Crippen molar-refractivity contribution in [3.05, 3.63) is 58.7 Å². The van der Waals surface area contributed by atoms with Crippen molar-refractivity contribution in [2.45, 2.75) is 259 Å². The molecule has 2 aromatic rings. The fourth-order valence-electron chi connectivity index (χ4n) is 8.11. The zero-order valence-electron chi connectivity index (χ0n) is 38.2. The fraction of sp³-hybridized carbons (Fsp3) is 0.741. The first-order chi connectivity index (χ1) is 27.6. The van der Waals surface area contributed by atoms with Crippen molar-refractivity contribution in [3.63, 3.8) is 0 Å². The Balaban J connectivity index is 1.83. The number of aryl methyl sites for hydroxylation is 4. The lowest BCUT2D eigenvalue weighted by Gasteiger charge is -2.10. The minimum Gasteiger partial charge on any atom is -0.255 e. The highest BCUT2D eigenvalue weighted by molar-refractivity contribution is 6.31. The molecule has 0 aromatic heterocycles. The quantitative estimate of drug-likeness (QED) is 0.0480. The Hall–Kier alpha value is -2.22. The molecule has 0 saturated heterocycles. The van der Waals surface area contributed by atoms with Crippen LogP contribution >= 0.6 is 0 Å². The highest BCUT2D eigenvalue weighted by atomic mass is 14.8. The van der Waals surface area contributed by atoms with Gasteiger partial charge < -0.3 is 0 Å². The van der Waals surface area contributed by atoms with E-state index in [0.29, 0.717) is 0 Å². The van der Waals surface area contributed by atoms with Gasteiger partial charge in [0.1, 0.15) is 0 Å². The van der Waals surface area contributed by atoms with Crippen molar-refractivity contribution in [1.29, 1.82) is 0 Å². The van der Waals surface area contributed by atoms with E-state index >= 15 is 0 Å². The van der Waals surface area contributed by atoms with Crippen molar-refractivity contribution >= 4 is 23.3 Å². The van der Waals surface area contributed by atoms with Gasteiger partial charge in [0.25, 0.3) is 0 Å². The molecule has 0 saturated carbocycles. The fourth-order valence-corrected chi connectivity index (χ4v) is 8.11. The zero-order valence-corrected chi connectivity index (χ0v) is 38.2. The van der Waals surface area contributed by atoms with Crippen LogP contribution in [0.25, 0.3) is 0 Å². The Morgan fingerprint density at radius 2 is 0.625 bits per heavy atom. The summed E-state index contributed by atoms with van der Waals surface area (Å²) in [6.45, 7) is 11.5. The van der Waals surface area contributed by atoms with Crippen molar-refractivity contribution in [2.24, 2.45) is 9.98 Å². The summed E-state index contributed by atoms with van der Waals surface area (Å²) in [4.78, 5) is 10.5. The Bertz CT molecular complexity index is 1200. The van der Waals surface area contributed by atoms with E-state index in [2.05, 4.69) is 77.2 Å². The molecule has 0 unspecified atom stereocenters. The van der Waals surface area contributed by atoms with Gasteiger partial charge in [0.2, 0.25) is 0 Å². The Labute approximate surface area is 350 Å². The summed E-state index contributed by atoms with van der Waals surface area (Å²) < 4.78 is 0. The van der Waals surface area contributed by atoms with E-state index in [-0.39, 0.29) is 0 Å². The molecular weight excluding hydrogens is 677 g/mol. The average molecular weight is 769 g/mol. The summed E-state index contributed by atoms with van der Waals surface area (Å²) in [6, 6.07) is 14.2. The van der Waals surface area contributed by atoms with Crippen molar-refractivity contribution in [3.8, 4) is 0 Å². The van der Waals surface area contributed by atoms with Crippen LogP contribution in [0.1, 0.15) is 256 Å². The molecular formula is C54H92N2. The summed E-state index contributed by atoms with van der Waals surface area (Å²) in [6.07, 6.45) is 48.8. The second-order valence-electron chi connectivity index (χ2n) is 17.5. The first kappa shape index (κ1) is 49.9. The minimum atomic E-state index is 1.00. The van der Waals surface area contributed by atoms with Crippen molar-refractivity contribution < 1.29 is 0 Å². The molecule has 0 bridgehead atoms. The van der Waals surface area contributed by atoms with Gasteiger partial charge in [-0.15, -0.1) is 0 Å². The lowest BCUT2D eigenvalue weighted by atomic mass is 10.0. The van der Waals surface area contributed by atoms with E-state index in [1.807, 2.05) is 0 Å². The summed E-state index contributed by atoms with van der Waals surface area (Å²) in [5, 5.41) is 0.